The van der Waals surface area contributed by atoms with Gasteiger partial charge in [0.1, 0.15) is 0 Å². The molecule has 2 aliphatic heterocycles. The van der Waals surface area contributed by atoms with Gasteiger partial charge in [-0.15, -0.1) is 0 Å². The number of nitrogens with one attached hydrogen (secondary N) is 1. The minimum atomic E-state index is 0.763. The van der Waals surface area contributed by atoms with Crippen molar-refractivity contribution in [2.45, 2.75) is 18.6 Å². The van der Waals surface area contributed by atoms with Crippen LogP contribution >= 0.6 is 21.6 Å². The molecular weight excluding hydrogens is 162 g/mol. The molecule has 1 fully saturated rings. The number of piperidine rings is 1. The summed E-state index contributed by atoms with van der Waals surface area (Å²) in [7, 11) is 3.87. The molecule has 2 atom stereocenters. The fourth-order valence-corrected chi connectivity index (χ4v) is 4.29. The van der Waals surface area contributed by atoms with Gasteiger partial charge in [-0.3, -0.25) is 0 Å². The van der Waals surface area contributed by atoms with E-state index in [0.717, 1.165) is 11.2 Å². The van der Waals surface area contributed by atoms with Crippen LogP contribution in [0.25, 0.3) is 0 Å². The van der Waals surface area contributed by atoms with Crippen LogP contribution in [-0.2, 0) is 0 Å². The third-order valence-corrected chi connectivity index (χ3v) is 4.72. The van der Waals surface area contributed by atoms with E-state index in [2.05, 4.69) is 17.6 Å². The van der Waals surface area contributed by atoms with Crippen LogP contribution in [0.4, 0.5) is 0 Å². The molecule has 3 heteroatoms. The molecule has 1 saturated heterocycles. The lowest BCUT2D eigenvalue weighted by molar-refractivity contribution is 0.464. The molecule has 0 aromatic carbocycles. The Kier molecular flexibility index (Phi) is 1.87. The molecule has 56 valence electrons. The third kappa shape index (κ3) is 1.05. The van der Waals surface area contributed by atoms with Crippen LogP contribution < -0.4 is 5.32 Å². The van der Waals surface area contributed by atoms with Crippen molar-refractivity contribution < 1.29 is 0 Å². The Bertz CT molecular complexity index is 167. The molecule has 0 radical (unpaired) electrons. The van der Waals surface area contributed by atoms with E-state index < -0.39 is 0 Å². The lowest BCUT2D eigenvalue weighted by Gasteiger charge is -2.27. The Labute approximate surface area is 69.4 Å². The highest BCUT2D eigenvalue weighted by Crippen LogP contribution is 2.45. The third-order valence-electron chi connectivity index (χ3n) is 2.09. The quantitative estimate of drug-likeness (QED) is 0.564. The topological polar surface area (TPSA) is 12.0 Å². The second kappa shape index (κ2) is 2.70. The molecule has 2 unspecified atom stereocenters. The maximum atomic E-state index is 3.43. The molecule has 0 spiro atoms. The van der Waals surface area contributed by atoms with Crippen molar-refractivity contribution in [1.82, 2.24) is 5.32 Å². The molecule has 10 heavy (non-hydrogen) atoms. The summed E-state index contributed by atoms with van der Waals surface area (Å²) in [5.41, 5.74) is 1.47. The SMILES string of the molecule is CC1CCNC2=CSSC21. The van der Waals surface area contributed by atoms with E-state index >= 15 is 0 Å². The van der Waals surface area contributed by atoms with Crippen LogP contribution in [0.3, 0.4) is 0 Å². The highest BCUT2D eigenvalue weighted by molar-refractivity contribution is 8.78. The van der Waals surface area contributed by atoms with Crippen LogP contribution in [0.15, 0.2) is 11.1 Å². The van der Waals surface area contributed by atoms with Gasteiger partial charge < -0.3 is 5.32 Å². The van der Waals surface area contributed by atoms with Gasteiger partial charge in [-0.2, -0.15) is 0 Å². The highest BCUT2D eigenvalue weighted by Gasteiger charge is 2.29. The van der Waals surface area contributed by atoms with Crippen molar-refractivity contribution in [3.8, 4) is 0 Å². The van der Waals surface area contributed by atoms with Crippen molar-refractivity contribution in [3.05, 3.63) is 11.1 Å². The lowest BCUT2D eigenvalue weighted by Crippen LogP contribution is -2.33. The van der Waals surface area contributed by atoms with Crippen molar-refractivity contribution in [2.24, 2.45) is 5.92 Å². The Morgan fingerprint density at radius 1 is 1.70 bits per heavy atom. The average molecular weight is 173 g/mol. The Morgan fingerprint density at radius 3 is 3.40 bits per heavy atom. The van der Waals surface area contributed by atoms with E-state index in [9.17, 15) is 0 Å². The van der Waals surface area contributed by atoms with Gasteiger partial charge >= 0.3 is 0 Å². The van der Waals surface area contributed by atoms with Crippen molar-refractivity contribution in [3.63, 3.8) is 0 Å². The van der Waals surface area contributed by atoms with E-state index in [0.29, 0.717) is 0 Å². The largest absolute Gasteiger partial charge is 0.387 e. The second-order valence-corrected chi connectivity index (χ2v) is 5.16. The molecule has 0 aliphatic carbocycles. The summed E-state index contributed by atoms with van der Waals surface area (Å²) >= 11 is 0. The van der Waals surface area contributed by atoms with Gasteiger partial charge in [0.2, 0.25) is 0 Å². The van der Waals surface area contributed by atoms with E-state index in [4.69, 9.17) is 0 Å². The Balaban J connectivity index is 2.13. The van der Waals surface area contributed by atoms with Gasteiger partial charge in [0.05, 0.1) is 5.25 Å². The number of hydrogen-bond donors (Lipinski definition) is 1. The second-order valence-electron chi connectivity index (χ2n) is 2.88. The first-order chi connectivity index (χ1) is 4.88. The van der Waals surface area contributed by atoms with Gasteiger partial charge in [0, 0.05) is 17.6 Å². The predicted molar refractivity (Wildman–Crippen MR) is 48.8 cm³/mol. The van der Waals surface area contributed by atoms with E-state index in [-0.39, 0.29) is 0 Å². The van der Waals surface area contributed by atoms with E-state index in [1.165, 1.54) is 18.7 Å². The normalized spacial score (nSPS) is 38.3. The first kappa shape index (κ1) is 6.92. The van der Waals surface area contributed by atoms with Gasteiger partial charge in [-0.25, -0.2) is 0 Å². The van der Waals surface area contributed by atoms with Crippen molar-refractivity contribution in [2.75, 3.05) is 6.54 Å². The minimum Gasteiger partial charge on any atom is -0.387 e. The zero-order valence-electron chi connectivity index (χ0n) is 5.96. The summed E-state index contributed by atoms with van der Waals surface area (Å²) in [6.07, 6.45) is 1.33. The van der Waals surface area contributed by atoms with E-state index in [1.807, 2.05) is 21.6 Å². The molecule has 0 aromatic heterocycles. The zero-order valence-corrected chi connectivity index (χ0v) is 7.60. The summed E-state index contributed by atoms with van der Waals surface area (Å²) in [6.45, 7) is 3.52. The smallest absolute Gasteiger partial charge is 0.0583 e. The molecule has 1 nitrogen and oxygen atoms in total. The zero-order chi connectivity index (χ0) is 6.97. The number of hydrogen-bond acceptors (Lipinski definition) is 3. The standard InChI is InChI=1S/C7H11NS2/c1-5-2-3-8-6-4-9-10-7(5)6/h4-5,7-8H,2-3H2,1H3. The monoisotopic (exact) mass is 173 g/mol. The van der Waals surface area contributed by atoms with E-state index in [1.54, 1.807) is 0 Å². The van der Waals surface area contributed by atoms with Crippen LogP contribution in [0.1, 0.15) is 13.3 Å². The molecule has 2 heterocycles. The molecule has 1 N–H and O–H groups in total. The minimum absolute atomic E-state index is 0.763. The van der Waals surface area contributed by atoms with Crippen LogP contribution in [0.2, 0.25) is 0 Å². The lowest BCUT2D eigenvalue weighted by atomic mass is 9.98. The maximum absolute atomic E-state index is 3.43. The first-order valence-electron chi connectivity index (χ1n) is 3.64. The fourth-order valence-electron chi connectivity index (χ4n) is 1.40. The number of rotatable bonds is 0. The number of fused-ring (bicyclic) bond motifs is 1. The molecule has 0 amide bonds. The molecular formula is C7H11NS2. The highest BCUT2D eigenvalue weighted by atomic mass is 33.1. The van der Waals surface area contributed by atoms with Crippen molar-refractivity contribution in [1.29, 1.82) is 0 Å². The first-order valence-corrected chi connectivity index (χ1v) is 5.91. The summed E-state index contributed by atoms with van der Waals surface area (Å²) in [6, 6.07) is 0. The van der Waals surface area contributed by atoms with Gasteiger partial charge in [0.15, 0.2) is 0 Å². The Morgan fingerprint density at radius 2 is 2.60 bits per heavy atom. The maximum Gasteiger partial charge on any atom is 0.0583 e. The average Bonchev–Trinajstić information content (AvgIpc) is 2.36. The predicted octanol–water partition coefficient (Wildman–Crippen LogP) is 2.22. The summed E-state index contributed by atoms with van der Waals surface area (Å²) in [4.78, 5) is 0. The Hall–Kier alpha value is 0.240. The van der Waals surface area contributed by atoms with Crippen molar-refractivity contribution >= 4 is 21.6 Å². The van der Waals surface area contributed by atoms with Gasteiger partial charge in [0.25, 0.3) is 0 Å². The van der Waals surface area contributed by atoms with Crippen LogP contribution in [-0.4, -0.2) is 11.8 Å². The molecule has 0 bridgehead atoms. The summed E-state index contributed by atoms with van der Waals surface area (Å²) in [5, 5.41) is 6.45. The molecule has 0 aromatic rings. The summed E-state index contributed by atoms with van der Waals surface area (Å²) < 4.78 is 0. The summed E-state index contributed by atoms with van der Waals surface area (Å²) in [5.74, 6) is 0.868. The molecule has 2 aliphatic rings. The molecule has 0 saturated carbocycles. The van der Waals surface area contributed by atoms with Gasteiger partial charge in [-0.05, 0) is 12.3 Å². The van der Waals surface area contributed by atoms with Crippen LogP contribution in [0, 0.1) is 5.92 Å². The molecule has 2 rings (SSSR count). The van der Waals surface area contributed by atoms with Crippen LogP contribution in [0.5, 0.6) is 0 Å². The van der Waals surface area contributed by atoms with Gasteiger partial charge in [-0.1, -0.05) is 28.5 Å². The fraction of sp³-hybridized carbons (Fsp3) is 0.714.